The lowest BCUT2D eigenvalue weighted by Crippen LogP contribution is -2.41. The van der Waals surface area contributed by atoms with E-state index in [1.54, 1.807) is 5.56 Å². The highest BCUT2D eigenvalue weighted by Crippen LogP contribution is 2.31. The van der Waals surface area contributed by atoms with Gasteiger partial charge in [-0.25, -0.2) is 0 Å². The predicted molar refractivity (Wildman–Crippen MR) is 132 cm³/mol. The molecule has 0 spiro atoms. The van der Waals surface area contributed by atoms with Crippen molar-refractivity contribution >= 4 is 5.69 Å². The molecule has 2 nitrogen and oxygen atoms in total. The molecule has 5 rings (SSSR count). The van der Waals surface area contributed by atoms with Crippen LogP contribution in [0.4, 0.5) is 5.69 Å². The quantitative estimate of drug-likeness (QED) is 0.467. The molecule has 2 aliphatic heterocycles. The molecule has 1 saturated heterocycles. The third-order valence-electron chi connectivity index (χ3n) is 6.99. The number of benzene rings is 3. The molecule has 2 aliphatic rings. The Balaban J connectivity index is 1.20. The monoisotopic (exact) mass is 410 g/mol. The fourth-order valence-electron chi connectivity index (χ4n) is 5.41. The van der Waals surface area contributed by atoms with Gasteiger partial charge < -0.3 is 9.80 Å². The second kappa shape index (κ2) is 9.70. The summed E-state index contributed by atoms with van der Waals surface area (Å²) in [6.45, 7) is 6.23. The maximum Gasteiger partial charge on any atom is 0.0398 e. The first kappa shape index (κ1) is 20.3. The van der Waals surface area contributed by atoms with Crippen LogP contribution < -0.4 is 4.90 Å². The van der Waals surface area contributed by atoms with E-state index in [2.05, 4.69) is 88.7 Å². The molecule has 0 saturated carbocycles. The summed E-state index contributed by atoms with van der Waals surface area (Å²) in [4.78, 5) is 5.35. The van der Waals surface area contributed by atoms with E-state index in [0.29, 0.717) is 0 Å². The molecule has 1 unspecified atom stereocenters. The van der Waals surface area contributed by atoms with Gasteiger partial charge in [0.25, 0.3) is 0 Å². The molecule has 3 aromatic carbocycles. The first-order chi connectivity index (χ1) is 15.3. The van der Waals surface area contributed by atoms with Gasteiger partial charge in [-0.05, 0) is 79.4 Å². The van der Waals surface area contributed by atoms with Crippen molar-refractivity contribution in [1.82, 2.24) is 4.90 Å². The van der Waals surface area contributed by atoms with Crippen molar-refractivity contribution in [2.75, 3.05) is 37.6 Å². The zero-order valence-electron chi connectivity index (χ0n) is 18.5. The van der Waals surface area contributed by atoms with Crippen LogP contribution in [0.1, 0.15) is 30.4 Å². The fraction of sp³-hybridized carbons (Fsp3) is 0.379. The van der Waals surface area contributed by atoms with Crippen LogP contribution in [-0.4, -0.2) is 37.6 Å². The minimum absolute atomic E-state index is 0.762. The molecule has 31 heavy (non-hydrogen) atoms. The summed E-state index contributed by atoms with van der Waals surface area (Å²) in [5.41, 5.74) is 7.06. The van der Waals surface area contributed by atoms with Gasteiger partial charge in [0.1, 0.15) is 0 Å². The Morgan fingerprint density at radius 1 is 0.742 bits per heavy atom. The maximum atomic E-state index is 2.69. The van der Waals surface area contributed by atoms with Gasteiger partial charge in [-0.3, -0.25) is 0 Å². The molecule has 3 aromatic rings. The van der Waals surface area contributed by atoms with Gasteiger partial charge in [-0.2, -0.15) is 0 Å². The second-order valence-corrected chi connectivity index (χ2v) is 9.32. The third kappa shape index (κ3) is 5.02. The Morgan fingerprint density at radius 2 is 1.45 bits per heavy atom. The summed E-state index contributed by atoms with van der Waals surface area (Å²) >= 11 is 0. The number of fused-ring (bicyclic) bond motifs is 1. The molecule has 1 atom stereocenters. The molecule has 1 fully saturated rings. The summed E-state index contributed by atoms with van der Waals surface area (Å²) in [5.74, 6) is 0.762. The van der Waals surface area contributed by atoms with E-state index in [9.17, 15) is 0 Å². The summed E-state index contributed by atoms with van der Waals surface area (Å²) in [6, 6.07) is 28.9. The van der Waals surface area contributed by atoms with Crippen LogP contribution in [0.5, 0.6) is 0 Å². The number of hydrogen-bond donors (Lipinski definition) is 0. The SMILES string of the molecule is c1ccc(-c2ccc(CCCN3CC(CN4CCCC4)Cc4ccccc43)cc2)cc1. The lowest BCUT2D eigenvalue weighted by atomic mass is 9.91. The Bertz CT molecular complexity index is 958. The zero-order chi connectivity index (χ0) is 20.9. The Hall–Kier alpha value is -2.58. The molecule has 0 N–H and O–H groups in total. The van der Waals surface area contributed by atoms with Gasteiger partial charge in [-0.1, -0.05) is 72.8 Å². The van der Waals surface area contributed by atoms with E-state index >= 15 is 0 Å². The van der Waals surface area contributed by atoms with E-state index in [1.165, 1.54) is 74.2 Å². The van der Waals surface area contributed by atoms with Crippen molar-refractivity contribution in [3.63, 3.8) is 0 Å². The highest BCUT2D eigenvalue weighted by molar-refractivity contribution is 5.63. The first-order valence-corrected chi connectivity index (χ1v) is 12.0. The number of rotatable bonds is 7. The summed E-state index contributed by atoms with van der Waals surface area (Å²) in [7, 11) is 0. The molecule has 0 aliphatic carbocycles. The maximum absolute atomic E-state index is 2.69. The van der Waals surface area contributed by atoms with E-state index in [1.807, 2.05) is 0 Å². The molecular formula is C29H34N2. The standard InChI is InChI=1S/C29H34N2/c1-2-10-26(11-3-1)27-16-14-24(15-17-27)9-8-20-31-23-25(22-30-18-6-7-19-30)21-28-12-4-5-13-29(28)31/h1-5,10-17,25H,6-9,18-23H2. The van der Waals surface area contributed by atoms with Crippen LogP contribution in [0.2, 0.25) is 0 Å². The van der Waals surface area contributed by atoms with Gasteiger partial charge in [0.05, 0.1) is 0 Å². The molecule has 0 amide bonds. The van der Waals surface area contributed by atoms with Crippen molar-refractivity contribution < 1.29 is 0 Å². The molecule has 2 heterocycles. The largest absolute Gasteiger partial charge is 0.371 e. The number of para-hydroxylation sites is 1. The van der Waals surface area contributed by atoms with Gasteiger partial charge >= 0.3 is 0 Å². The number of aryl methyl sites for hydroxylation is 1. The second-order valence-electron chi connectivity index (χ2n) is 9.32. The highest BCUT2D eigenvalue weighted by atomic mass is 15.2. The average molecular weight is 411 g/mol. The summed E-state index contributed by atoms with van der Waals surface area (Å²) < 4.78 is 0. The minimum atomic E-state index is 0.762. The lowest BCUT2D eigenvalue weighted by molar-refractivity contribution is 0.273. The van der Waals surface area contributed by atoms with Crippen LogP contribution in [0.15, 0.2) is 78.9 Å². The topological polar surface area (TPSA) is 6.48 Å². The van der Waals surface area contributed by atoms with Crippen molar-refractivity contribution in [1.29, 1.82) is 0 Å². The number of likely N-dealkylation sites (tertiary alicyclic amines) is 1. The van der Waals surface area contributed by atoms with Crippen molar-refractivity contribution in [3.8, 4) is 11.1 Å². The smallest absolute Gasteiger partial charge is 0.0398 e. The average Bonchev–Trinajstić information content (AvgIpc) is 3.33. The Labute approximate surface area is 187 Å². The molecular weight excluding hydrogens is 376 g/mol. The first-order valence-electron chi connectivity index (χ1n) is 12.0. The van der Waals surface area contributed by atoms with Crippen LogP contribution in [0.25, 0.3) is 11.1 Å². The normalized spacial score (nSPS) is 18.8. The van der Waals surface area contributed by atoms with Crippen LogP contribution >= 0.6 is 0 Å². The minimum Gasteiger partial charge on any atom is -0.371 e. The summed E-state index contributed by atoms with van der Waals surface area (Å²) in [6.07, 6.45) is 6.36. The molecule has 2 heteroatoms. The van der Waals surface area contributed by atoms with Crippen molar-refractivity contribution in [2.24, 2.45) is 5.92 Å². The lowest BCUT2D eigenvalue weighted by Gasteiger charge is -2.37. The molecule has 0 bridgehead atoms. The number of hydrogen-bond acceptors (Lipinski definition) is 2. The Morgan fingerprint density at radius 3 is 2.26 bits per heavy atom. The number of nitrogens with zero attached hydrogens (tertiary/aromatic N) is 2. The van der Waals surface area contributed by atoms with Gasteiger partial charge in [-0.15, -0.1) is 0 Å². The van der Waals surface area contributed by atoms with E-state index < -0.39 is 0 Å². The van der Waals surface area contributed by atoms with Crippen molar-refractivity contribution in [2.45, 2.75) is 32.1 Å². The number of anilines is 1. The van der Waals surface area contributed by atoms with Crippen LogP contribution in [-0.2, 0) is 12.8 Å². The molecule has 0 aromatic heterocycles. The van der Waals surface area contributed by atoms with Gasteiger partial charge in [0.15, 0.2) is 0 Å². The van der Waals surface area contributed by atoms with E-state index in [4.69, 9.17) is 0 Å². The van der Waals surface area contributed by atoms with Gasteiger partial charge in [0.2, 0.25) is 0 Å². The molecule has 160 valence electrons. The fourth-order valence-corrected chi connectivity index (χ4v) is 5.41. The zero-order valence-corrected chi connectivity index (χ0v) is 18.5. The van der Waals surface area contributed by atoms with Crippen LogP contribution in [0.3, 0.4) is 0 Å². The van der Waals surface area contributed by atoms with Crippen molar-refractivity contribution in [3.05, 3.63) is 90.0 Å². The Kier molecular flexibility index (Phi) is 6.36. The third-order valence-corrected chi connectivity index (χ3v) is 6.99. The molecule has 0 radical (unpaired) electrons. The highest BCUT2D eigenvalue weighted by Gasteiger charge is 2.26. The van der Waals surface area contributed by atoms with Gasteiger partial charge in [0, 0.05) is 25.3 Å². The van der Waals surface area contributed by atoms with Crippen LogP contribution in [0, 0.1) is 5.92 Å². The van der Waals surface area contributed by atoms with E-state index in [-0.39, 0.29) is 0 Å². The summed E-state index contributed by atoms with van der Waals surface area (Å²) in [5, 5.41) is 0. The predicted octanol–water partition coefficient (Wildman–Crippen LogP) is 6.06. The van der Waals surface area contributed by atoms with E-state index in [0.717, 1.165) is 18.9 Å².